The van der Waals surface area contributed by atoms with Crippen LogP contribution < -0.4 is 15.5 Å². The molecule has 2 amide bonds. The molecule has 0 unspecified atom stereocenters. The van der Waals surface area contributed by atoms with Crippen molar-refractivity contribution in [2.75, 3.05) is 24.5 Å². The molecule has 0 spiro atoms. The molecule has 3 aromatic rings. The minimum Gasteiger partial charge on any atom is -0.341 e. The minimum absolute atomic E-state index is 0.354. The number of amides is 2. The Kier molecular flexibility index (Phi) is 6.98. The van der Waals surface area contributed by atoms with Crippen molar-refractivity contribution in [1.82, 2.24) is 25.6 Å². The van der Waals surface area contributed by atoms with Gasteiger partial charge < -0.3 is 10.2 Å². The second-order valence-corrected chi connectivity index (χ2v) is 10.0. The van der Waals surface area contributed by atoms with E-state index in [1.54, 1.807) is 29.7 Å². The minimum atomic E-state index is -0.378. The van der Waals surface area contributed by atoms with E-state index >= 15 is 0 Å². The highest BCUT2D eigenvalue weighted by Crippen LogP contribution is 2.26. The molecule has 34 heavy (non-hydrogen) atoms. The van der Waals surface area contributed by atoms with Gasteiger partial charge in [0.2, 0.25) is 5.95 Å². The zero-order valence-electron chi connectivity index (χ0n) is 18.4. The normalized spacial score (nSPS) is 18.0. The van der Waals surface area contributed by atoms with E-state index in [0.717, 1.165) is 56.5 Å². The quantitative estimate of drug-likeness (QED) is 0.479. The molecule has 5 rings (SSSR count). The molecule has 0 aromatic carbocycles. The Bertz CT molecular complexity index is 1210. The summed E-state index contributed by atoms with van der Waals surface area (Å²) in [6.45, 7) is 3.52. The summed E-state index contributed by atoms with van der Waals surface area (Å²) in [6.07, 6.45) is 7.29. The average molecular weight is 493 g/mol. The van der Waals surface area contributed by atoms with Crippen LogP contribution in [0.2, 0.25) is 0 Å². The van der Waals surface area contributed by atoms with Crippen molar-refractivity contribution in [3.8, 4) is 11.3 Å². The van der Waals surface area contributed by atoms with Crippen LogP contribution in [-0.2, 0) is 11.3 Å². The molecule has 174 valence electrons. The van der Waals surface area contributed by atoms with E-state index in [1.165, 1.54) is 11.1 Å². The van der Waals surface area contributed by atoms with Gasteiger partial charge in [0, 0.05) is 43.0 Å². The van der Waals surface area contributed by atoms with Crippen LogP contribution in [0.3, 0.4) is 0 Å². The van der Waals surface area contributed by atoms with E-state index in [-0.39, 0.29) is 11.1 Å². The first kappa shape index (κ1) is 22.7. The number of aromatic nitrogens is 3. The summed E-state index contributed by atoms with van der Waals surface area (Å²) in [5.41, 5.74) is 4.07. The highest BCUT2D eigenvalue weighted by molar-refractivity contribution is 8.18. The molecule has 2 aliphatic rings. The van der Waals surface area contributed by atoms with Crippen molar-refractivity contribution < 1.29 is 9.59 Å². The van der Waals surface area contributed by atoms with Crippen LogP contribution in [0.4, 0.5) is 10.7 Å². The molecule has 2 aliphatic heterocycles. The fourth-order valence-electron chi connectivity index (χ4n) is 4.14. The van der Waals surface area contributed by atoms with E-state index in [9.17, 15) is 9.59 Å². The Balaban J connectivity index is 1.13. The topological polar surface area (TPSA) is 100 Å². The Morgan fingerprint density at radius 3 is 2.79 bits per heavy atom. The average Bonchev–Trinajstić information content (AvgIpc) is 3.50. The van der Waals surface area contributed by atoms with Crippen LogP contribution in [-0.4, -0.2) is 45.7 Å². The summed E-state index contributed by atoms with van der Waals surface area (Å²) >= 11 is 2.58. The summed E-state index contributed by atoms with van der Waals surface area (Å²) in [5, 5.41) is 9.75. The molecule has 2 N–H and O–H groups in total. The molecule has 0 aliphatic carbocycles. The lowest BCUT2D eigenvalue weighted by Gasteiger charge is -2.32. The number of hydrogen-bond donors (Lipinski definition) is 2. The summed E-state index contributed by atoms with van der Waals surface area (Å²) in [7, 11) is 0. The highest BCUT2D eigenvalue weighted by atomic mass is 32.2. The maximum atomic E-state index is 11.8. The second-order valence-electron chi connectivity index (χ2n) is 8.22. The largest absolute Gasteiger partial charge is 0.341 e. The Morgan fingerprint density at radius 2 is 2.03 bits per heavy atom. The van der Waals surface area contributed by atoms with Crippen LogP contribution in [0.5, 0.6) is 0 Å². The van der Waals surface area contributed by atoms with E-state index in [2.05, 4.69) is 53.4 Å². The number of thioether (sulfide) groups is 1. The predicted molar refractivity (Wildman–Crippen MR) is 135 cm³/mol. The van der Waals surface area contributed by atoms with Gasteiger partial charge in [-0.2, -0.15) is 11.3 Å². The smallest absolute Gasteiger partial charge is 0.290 e. The SMILES string of the molecule is O=C1NC(=O)C(=Cc2ccnc(N3CCC(CNCc4cccnc4-c4ccsc4)CC3)n2)S1. The zero-order chi connectivity index (χ0) is 23.3. The van der Waals surface area contributed by atoms with Crippen molar-refractivity contribution >= 4 is 46.3 Å². The number of pyridine rings is 1. The van der Waals surface area contributed by atoms with Crippen LogP contribution in [0.15, 0.2) is 52.3 Å². The van der Waals surface area contributed by atoms with Gasteiger partial charge in [0.25, 0.3) is 11.1 Å². The van der Waals surface area contributed by atoms with Gasteiger partial charge in [-0.1, -0.05) is 6.07 Å². The van der Waals surface area contributed by atoms with Crippen LogP contribution in [0.25, 0.3) is 17.3 Å². The first-order chi connectivity index (χ1) is 16.7. The Labute approximate surface area is 205 Å². The number of rotatable bonds is 7. The first-order valence-electron chi connectivity index (χ1n) is 11.2. The number of carbonyl (C=O) groups excluding carboxylic acids is 2. The van der Waals surface area contributed by atoms with Gasteiger partial charge in [-0.25, -0.2) is 9.97 Å². The number of anilines is 1. The third-order valence-electron chi connectivity index (χ3n) is 5.92. The van der Waals surface area contributed by atoms with Crippen molar-refractivity contribution in [2.24, 2.45) is 5.92 Å². The van der Waals surface area contributed by atoms with Crippen LogP contribution in [0.1, 0.15) is 24.1 Å². The lowest BCUT2D eigenvalue weighted by atomic mass is 9.97. The molecule has 0 bridgehead atoms. The number of carbonyl (C=O) groups is 2. The Hall–Kier alpha value is -3.08. The van der Waals surface area contributed by atoms with Crippen LogP contribution in [0, 0.1) is 5.92 Å². The first-order valence-corrected chi connectivity index (χ1v) is 12.9. The highest BCUT2D eigenvalue weighted by Gasteiger charge is 2.25. The van der Waals surface area contributed by atoms with E-state index in [4.69, 9.17) is 0 Å². The predicted octanol–water partition coefficient (Wildman–Crippen LogP) is 3.93. The molecule has 2 saturated heterocycles. The summed E-state index contributed by atoms with van der Waals surface area (Å²) in [5.74, 6) is 0.871. The molecule has 8 nitrogen and oxygen atoms in total. The van der Waals surface area contributed by atoms with Crippen molar-refractivity contribution in [2.45, 2.75) is 19.4 Å². The standard InChI is InChI=1S/C24H24N6O2S2/c31-22-20(34-24(32)29-22)12-19-3-8-27-23(28-19)30-9-4-16(5-10-30)13-25-14-17-2-1-7-26-21(17)18-6-11-33-15-18/h1-3,6-8,11-12,15-16,25H,4-5,9-10,13-14H2,(H,29,31,32). The van der Waals surface area contributed by atoms with E-state index in [1.807, 2.05) is 12.3 Å². The molecule has 0 saturated carbocycles. The molecule has 0 atom stereocenters. The van der Waals surface area contributed by atoms with Crippen LogP contribution >= 0.6 is 23.1 Å². The number of piperidine rings is 1. The lowest BCUT2D eigenvalue weighted by molar-refractivity contribution is -0.115. The Morgan fingerprint density at radius 1 is 1.15 bits per heavy atom. The molecule has 3 aromatic heterocycles. The monoisotopic (exact) mass is 492 g/mol. The van der Waals surface area contributed by atoms with Gasteiger partial charge >= 0.3 is 0 Å². The van der Waals surface area contributed by atoms with E-state index < -0.39 is 0 Å². The summed E-state index contributed by atoms with van der Waals surface area (Å²) in [6, 6.07) is 7.98. The second kappa shape index (κ2) is 10.5. The number of thiophene rings is 1. The van der Waals surface area contributed by atoms with Crippen molar-refractivity contribution in [3.63, 3.8) is 0 Å². The molecule has 0 radical (unpaired) electrons. The van der Waals surface area contributed by atoms with Gasteiger partial charge in [-0.3, -0.25) is 19.9 Å². The van der Waals surface area contributed by atoms with Gasteiger partial charge in [0.05, 0.1) is 16.3 Å². The van der Waals surface area contributed by atoms with Gasteiger partial charge in [-0.05, 0) is 72.3 Å². The third-order valence-corrected chi connectivity index (χ3v) is 7.41. The fraction of sp³-hybridized carbons (Fsp3) is 0.292. The molecular weight excluding hydrogens is 468 g/mol. The number of hydrogen-bond acceptors (Lipinski definition) is 9. The fourth-order valence-corrected chi connectivity index (χ4v) is 5.45. The number of imide groups is 1. The van der Waals surface area contributed by atoms with Gasteiger partial charge in [0.15, 0.2) is 0 Å². The van der Waals surface area contributed by atoms with Gasteiger partial charge in [-0.15, -0.1) is 0 Å². The number of nitrogens with one attached hydrogen (secondary N) is 2. The van der Waals surface area contributed by atoms with Crippen molar-refractivity contribution in [3.05, 3.63) is 63.6 Å². The molecule has 2 fully saturated rings. The molecule has 5 heterocycles. The van der Waals surface area contributed by atoms with Crippen molar-refractivity contribution in [1.29, 1.82) is 0 Å². The molecule has 10 heteroatoms. The van der Waals surface area contributed by atoms with E-state index in [0.29, 0.717) is 22.5 Å². The number of nitrogens with zero attached hydrogens (tertiary/aromatic N) is 4. The summed E-state index contributed by atoms with van der Waals surface area (Å²) < 4.78 is 0. The summed E-state index contributed by atoms with van der Waals surface area (Å²) in [4.78, 5) is 39.3. The lowest BCUT2D eigenvalue weighted by Crippen LogP contribution is -2.38. The van der Waals surface area contributed by atoms with Gasteiger partial charge in [0.1, 0.15) is 0 Å². The zero-order valence-corrected chi connectivity index (χ0v) is 20.1. The maximum Gasteiger partial charge on any atom is 0.290 e. The third kappa shape index (κ3) is 5.35. The molecular formula is C24H24N6O2S2. The maximum absolute atomic E-state index is 11.8.